The molecule has 0 aromatic heterocycles. The smallest absolute Gasteiger partial charge is 1.00 e. The van der Waals surface area contributed by atoms with Crippen LogP contribution in [0.2, 0.25) is 0 Å². The van der Waals surface area contributed by atoms with Crippen LogP contribution in [0.25, 0.3) is 0 Å². The van der Waals surface area contributed by atoms with Crippen molar-refractivity contribution in [1.82, 2.24) is 0 Å². The molecule has 0 heterocycles. The van der Waals surface area contributed by atoms with E-state index in [0.29, 0.717) is 0 Å². The van der Waals surface area contributed by atoms with Gasteiger partial charge in [-0.3, -0.25) is 9.35 Å². The maximum Gasteiger partial charge on any atom is 1.00 e. The second-order valence-corrected chi connectivity index (χ2v) is 3.35. The van der Waals surface area contributed by atoms with Gasteiger partial charge >= 0.3 is 35.5 Å². The summed E-state index contributed by atoms with van der Waals surface area (Å²) < 4.78 is 31.8. The predicted molar refractivity (Wildman–Crippen MR) is 47.3 cm³/mol. The molecule has 0 aliphatic rings. The van der Waals surface area contributed by atoms with Crippen molar-refractivity contribution in [3.63, 3.8) is 0 Å². The van der Waals surface area contributed by atoms with Crippen molar-refractivity contribution in [2.75, 3.05) is 19.0 Å². The Bertz CT molecular complexity index is 228. The van der Waals surface area contributed by atoms with Crippen LogP contribution in [0.15, 0.2) is 0 Å². The van der Waals surface area contributed by atoms with E-state index >= 15 is 0 Å². The number of ether oxygens (including phenoxy) is 1. The van der Waals surface area contributed by atoms with Crippen LogP contribution < -0.4 is 29.6 Å². The van der Waals surface area contributed by atoms with E-state index in [4.69, 9.17) is 14.4 Å². The molecule has 0 atom stereocenters. The first kappa shape index (κ1) is 19.8. The van der Waals surface area contributed by atoms with Gasteiger partial charge in [-0.2, -0.15) is 8.42 Å². The second-order valence-electron chi connectivity index (χ2n) is 1.90. The van der Waals surface area contributed by atoms with Gasteiger partial charge in [-0.15, -0.1) is 0 Å². The van der Waals surface area contributed by atoms with E-state index in [1.807, 2.05) is 13.8 Å². The van der Waals surface area contributed by atoms with Gasteiger partial charge in [0.15, 0.2) is 5.75 Å². The third kappa shape index (κ3) is 29.5. The molecule has 2 N–H and O–H groups in total. The molecule has 0 aliphatic carbocycles. The fraction of sp³-hybridized carbons (Fsp3) is 0.833. The van der Waals surface area contributed by atoms with Crippen LogP contribution in [0.3, 0.4) is 0 Å². The molecular formula is C6H15NaO6S. The summed E-state index contributed by atoms with van der Waals surface area (Å²) in [6, 6.07) is 0. The van der Waals surface area contributed by atoms with Gasteiger partial charge in [-0.25, -0.2) is 0 Å². The zero-order valence-electron chi connectivity index (χ0n) is 9.56. The molecule has 0 aromatic carbocycles. The Balaban J connectivity index is -0.0000000770. The molecule has 82 valence electrons. The van der Waals surface area contributed by atoms with Crippen molar-refractivity contribution in [2.45, 2.75) is 13.8 Å². The molecule has 6 nitrogen and oxygen atoms in total. The number of aliphatic carboxylic acids is 1. The van der Waals surface area contributed by atoms with Gasteiger partial charge < -0.3 is 11.3 Å². The number of rotatable bonds is 4. The number of hydrogen-bond donors (Lipinski definition) is 2. The van der Waals surface area contributed by atoms with E-state index in [1.54, 1.807) is 0 Å². The molecule has 0 radical (unpaired) electrons. The number of carboxylic acid groups (broad SMARTS) is 1. The van der Waals surface area contributed by atoms with Crippen LogP contribution >= 0.6 is 0 Å². The van der Waals surface area contributed by atoms with Crippen LogP contribution in [0.1, 0.15) is 15.3 Å². The summed E-state index contributed by atoms with van der Waals surface area (Å²) in [6.07, 6.45) is 0. The summed E-state index contributed by atoms with van der Waals surface area (Å²) >= 11 is 0. The van der Waals surface area contributed by atoms with Crippen LogP contribution in [0.5, 0.6) is 0 Å². The second kappa shape index (κ2) is 11.4. The fourth-order valence-electron chi connectivity index (χ4n) is 0.360. The summed E-state index contributed by atoms with van der Waals surface area (Å²) in [4.78, 5) is 9.48. The quantitative estimate of drug-likeness (QED) is 0.403. The molecule has 0 saturated heterocycles. The van der Waals surface area contributed by atoms with E-state index in [0.717, 1.165) is 13.2 Å². The third-order valence-corrected chi connectivity index (χ3v) is 1.33. The average molecular weight is 238 g/mol. The topological polar surface area (TPSA) is 101 Å². The van der Waals surface area contributed by atoms with E-state index in [2.05, 4.69) is 0 Å². The molecule has 0 bridgehead atoms. The molecule has 0 amide bonds. The van der Waals surface area contributed by atoms with Gasteiger partial charge in [0, 0.05) is 13.2 Å². The van der Waals surface area contributed by atoms with Crippen LogP contribution in [0.4, 0.5) is 0 Å². The standard InChI is InChI=1S/C4H10O.C2H4O5S.Na.H/c1-3-5-4-2;3-2(4)1-8(5,6)7;;/h3-4H2,1-2H3;1H2,(H,3,4)(H,5,6,7);;/q;;+1;-1. The van der Waals surface area contributed by atoms with Crippen molar-refractivity contribution in [3.05, 3.63) is 0 Å². The molecule has 0 spiro atoms. The summed E-state index contributed by atoms with van der Waals surface area (Å²) in [5.74, 6) is -2.79. The molecule has 0 fully saturated rings. The number of hydrogen-bond acceptors (Lipinski definition) is 4. The van der Waals surface area contributed by atoms with Gasteiger partial charge in [-0.05, 0) is 13.8 Å². The first-order valence-electron chi connectivity index (χ1n) is 3.58. The Morgan fingerprint density at radius 1 is 1.36 bits per heavy atom. The van der Waals surface area contributed by atoms with Gasteiger partial charge in [0.25, 0.3) is 10.1 Å². The fourth-order valence-corrected chi connectivity index (χ4v) is 0.672. The molecule has 8 heteroatoms. The molecule has 14 heavy (non-hydrogen) atoms. The SMILES string of the molecule is CCOCC.O=C(O)CS(=O)(=O)O.[H-].[Na+]. The van der Waals surface area contributed by atoms with Crippen LogP contribution in [-0.4, -0.2) is 43.0 Å². The molecular weight excluding hydrogens is 223 g/mol. The van der Waals surface area contributed by atoms with Crippen molar-refractivity contribution in [1.29, 1.82) is 0 Å². The van der Waals surface area contributed by atoms with Crippen LogP contribution in [-0.2, 0) is 19.6 Å². The molecule has 0 aliphatic heterocycles. The minimum atomic E-state index is -4.32. The van der Waals surface area contributed by atoms with E-state index in [-0.39, 0.29) is 31.0 Å². The Morgan fingerprint density at radius 3 is 1.71 bits per heavy atom. The Kier molecular flexibility index (Phi) is 16.2. The third-order valence-electron chi connectivity index (χ3n) is 0.714. The van der Waals surface area contributed by atoms with Gasteiger partial charge in [0.1, 0.15) is 0 Å². The molecule has 0 rings (SSSR count). The van der Waals surface area contributed by atoms with Crippen molar-refractivity contribution >= 4 is 16.1 Å². The largest absolute Gasteiger partial charge is 1.00 e. The van der Waals surface area contributed by atoms with Gasteiger partial charge in [0.2, 0.25) is 0 Å². The van der Waals surface area contributed by atoms with Gasteiger partial charge in [-0.1, -0.05) is 0 Å². The van der Waals surface area contributed by atoms with Crippen molar-refractivity contribution in [2.24, 2.45) is 0 Å². The first-order chi connectivity index (χ1) is 5.83. The summed E-state index contributed by atoms with van der Waals surface area (Å²) in [6.45, 7) is 5.67. The number of carbonyl (C=O) groups is 1. The monoisotopic (exact) mass is 238 g/mol. The molecule has 0 unspecified atom stereocenters. The maximum atomic E-state index is 9.62. The summed E-state index contributed by atoms with van der Waals surface area (Å²) in [7, 11) is -4.32. The van der Waals surface area contributed by atoms with Crippen molar-refractivity contribution in [3.8, 4) is 0 Å². The van der Waals surface area contributed by atoms with E-state index < -0.39 is 21.8 Å². The normalized spacial score (nSPS) is 9.36. The Hall–Kier alpha value is 0.340. The first-order valence-corrected chi connectivity index (χ1v) is 5.19. The Labute approximate surface area is 107 Å². The maximum absolute atomic E-state index is 9.62. The van der Waals surface area contributed by atoms with Crippen molar-refractivity contribution < 1.29 is 58.6 Å². The van der Waals surface area contributed by atoms with Crippen LogP contribution in [0, 0.1) is 0 Å². The van der Waals surface area contributed by atoms with E-state index in [9.17, 15) is 13.2 Å². The number of carboxylic acids is 1. The zero-order chi connectivity index (χ0) is 10.9. The summed E-state index contributed by atoms with van der Waals surface area (Å²) in [5.41, 5.74) is 0. The molecule has 0 saturated carbocycles. The minimum Gasteiger partial charge on any atom is -1.00 e. The minimum absolute atomic E-state index is 0. The molecule has 0 aromatic rings. The predicted octanol–water partition coefficient (Wildman–Crippen LogP) is -2.88. The average Bonchev–Trinajstić information content (AvgIpc) is 1.84. The van der Waals surface area contributed by atoms with Gasteiger partial charge in [0.05, 0.1) is 0 Å². The van der Waals surface area contributed by atoms with E-state index in [1.165, 1.54) is 0 Å². The summed E-state index contributed by atoms with van der Waals surface area (Å²) in [5, 5.41) is 7.71. The Morgan fingerprint density at radius 2 is 1.71 bits per heavy atom. The zero-order valence-corrected chi connectivity index (χ0v) is 11.4.